The number of halogens is 2. The predicted molar refractivity (Wildman–Crippen MR) is 157 cm³/mol. The fourth-order valence-electron chi connectivity index (χ4n) is 4.04. The molecule has 0 aliphatic rings. The van der Waals surface area contributed by atoms with Crippen LogP contribution in [0.3, 0.4) is 0 Å². The topological polar surface area (TPSA) is 90.9 Å². The zero-order valence-electron chi connectivity index (χ0n) is 22.6. The van der Waals surface area contributed by atoms with E-state index in [0.29, 0.717) is 27.3 Å². The van der Waals surface area contributed by atoms with E-state index in [1.165, 1.54) is 31.2 Å². The fourth-order valence-corrected chi connectivity index (χ4v) is 6.83. The highest BCUT2D eigenvalue weighted by molar-refractivity contribution is 7.58. The number of carbonyl (C=O) groups is 2. The Kier molecular flexibility index (Phi) is 9.58. The first kappa shape index (κ1) is 30.4. The Hall–Kier alpha value is -3.59. The molecule has 0 saturated heterocycles. The number of unbranched alkanes of at least 4 members (excludes halogenated alkanes) is 1. The predicted octanol–water partition coefficient (Wildman–Crippen LogP) is 8.04. The van der Waals surface area contributed by atoms with Crippen molar-refractivity contribution in [3.63, 3.8) is 0 Å². The molecule has 4 aromatic rings. The summed E-state index contributed by atoms with van der Waals surface area (Å²) in [6, 6.07) is 15.5. The van der Waals surface area contributed by atoms with Gasteiger partial charge in [-0.2, -0.15) is 8.78 Å². The largest absolute Gasteiger partial charge is 0.465 e. The summed E-state index contributed by atoms with van der Waals surface area (Å²) in [6.45, 7) is 6.83. The Morgan fingerprint density at radius 2 is 1.83 bits per heavy atom. The van der Waals surface area contributed by atoms with E-state index >= 15 is 8.78 Å². The Labute approximate surface area is 240 Å². The lowest BCUT2D eigenvalue weighted by Crippen LogP contribution is -2.39. The van der Waals surface area contributed by atoms with Crippen LogP contribution in [0.15, 0.2) is 79.4 Å². The van der Waals surface area contributed by atoms with Gasteiger partial charge in [0, 0.05) is 15.6 Å². The zero-order valence-corrected chi connectivity index (χ0v) is 24.3. The highest BCUT2D eigenvalue weighted by Gasteiger charge is 2.56. The maximum Gasteiger partial charge on any atom is 0.390 e. The molecule has 4 rings (SSSR count). The molecule has 3 aromatic carbocycles. The van der Waals surface area contributed by atoms with Crippen LogP contribution in [0.25, 0.3) is 20.9 Å². The summed E-state index contributed by atoms with van der Waals surface area (Å²) >= 11 is 1.08. The van der Waals surface area contributed by atoms with Gasteiger partial charge in [0.15, 0.2) is 0 Å². The van der Waals surface area contributed by atoms with E-state index in [4.69, 9.17) is 14.0 Å². The molecule has 216 valence electrons. The van der Waals surface area contributed by atoms with Crippen molar-refractivity contribution >= 4 is 51.7 Å². The number of alkyl halides is 2. The number of carbonyl (C=O) groups excluding carboxylic acids is 2. The fraction of sp³-hybridized carbons (Fsp3) is 0.267. The molecule has 0 fully saturated rings. The standard InChI is InChI=1S/C30H30F2NO6PS/c1-4-6-17-38-28(34)20(3)33-40(36,39-25-13-9-11-21-10-7-8-12-24(21)25)30(31,32)23-14-15-26-22(18-23)19-27(41-26)29(35)37-16-5-2/h5,7-15,18-20H,2,4,6,16-17H2,1,3H3,(H,33,36)/t20-,40?/m0/s1. The lowest BCUT2D eigenvalue weighted by molar-refractivity contribution is -0.145. The van der Waals surface area contributed by atoms with Crippen molar-refractivity contribution in [3.8, 4) is 5.75 Å². The number of ether oxygens (including phenoxy) is 2. The first-order valence-electron chi connectivity index (χ1n) is 13.0. The molecular weight excluding hydrogens is 571 g/mol. The third-order valence-electron chi connectivity index (χ3n) is 6.20. The third kappa shape index (κ3) is 6.67. The molecule has 0 aliphatic carbocycles. The molecule has 0 saturated carbocycles. The van der Waals surface area contributed by atoms with Gasteiger partial charge in [-0.3, -0.25) is 9.36 Å². The number of rotatable bonds is 13. The highest BCUT2D eigenvalue weighted by atomic mass is 32.1. The van der Waals surface area contributed by atoms with Gasteiger partial charge < -0.3 is 14.0 Å². The van der Waals surface area contributed by atoms with Gasteiger partial charge in [-0.05, 0) is 48.4 Å². The van der Waals surface area contributed by atoms with Gasteiger partial charge in [-0.25, -0.2) is 9.88 Å². The number of esters is 2. The van der Waals surface area contributed by atoms with Crippen LogP contribution >= 0.6 is 18.9 Å². The molecule has 11 heteroatoms. The summed E-state index contributed by atoms with van der Waals surface area (Å²) in [5.74, 6) is -1.47. The van der Waals surface area contributed by atoms with E-state index in [9.17, 15) is 14.2 Å². The maximum atomic E-state index is 16.4. The minimum absolute atomic E-state index is 0.00974. The molecule has 1 N–H and O–H groups in total. The lowest BCUT2D eigenvalue weighted by atomic mass is 10.1. The number of hydrogen-bond acceptors (Lipinski definition) is 7. The minimum Gasteiger partial charge on any atom is -0.465 e. The average molecular weight is 602 g/mol. The van der Waals surface area contributed by atoms with Crippen molar-refractivity contribution in [2.75, 3.05) is 13.2 Å². The van der Waals surface area contributed by atoms with E-state index in [1.54, 1.807) is 36.4 Å². The summed E-state index contributed by atoms with van der Waals surface area (Å²) in [5.41, 5.74) is -4.71. The number of thiophene rings is 1. The number of hydrogen-bond donors (Lipinski definition) is 1. The van der Waals surface area contributed by atoms with Gasteiger partial charge in [0.1, 0.15) is 23.3 Å². The summed E-state index contributed by atoms with van der Waals surface area (Å²) in [6.07, 6.45) is 2.79. The van der Waals surface area contributed by atoms with Gasteiger partial charge in [-0.1, -0.05) is 68.5 Å². The molecule has 0 radical (unpaired) electrons. The highest BCUT2D eigenvalue weighted by Crippen LogP contribution is 2.63. The third-order valence-corrected chi connectivity index (χ3v) is 9.48. The molecule has 0 bridgehead atoms. The van der Waals surface area contributed by atoms with Gasteiger partial charge in [-0.15, -0.1) is 11.3 Å². The smallest absolute Gasteiger partial charge is 0.390 e. The average Bonchev–Trinajstić information content (AvgIpc) is 3.40. The monoisotopic (exact) mass is 601 g/mol. The maximum absolute atomic E-state index is 16.4. The van der Waals surface area contributed by atoms with E-state index < -0.39 is 36.7 Å². The first-order valence-corrected chi connectivity index (χ1v) is 15.5. The SMILES string of the molecule is C=CCOC(=O)c1cc2cc(C(F)(F)P(=O)(N[C@@H](C)C(=O)OCCCC)Oc3cccc4ccccc34)ccc2s1. The zero-order chi connectivity index (χ0) is 29.6. The molecule has 1 aromatic heterocycles. The molecule has 1 unspecified atom stereocenters. The lowest BCUT2D eigenvalue weighted by Gasteiger charge is -2.30. The molecule has 0 amide bonds. The van der Waals surface area contributed by atoms with Crippen molar-refractivity contribution < 1.29 is 36.9 Å². The second-order valence-corrected chi connectivity index (χ2v) is 12.5. The van der Waals surface area contributed by atoms with Crippen LogP contribution in [0.5, 0.6) is 5.75 Å². The Morgan fingerprint density at radius 3 is 2.59 bits per heavy atom. The Morgan fingerprint density at radius 1 is 1.07 bits per heavy atom. The summed E-state index contributed by atoms with van der Waals surface area (Å²) in [4.78, 5) is 25.1. The molecule has 1 heterocycles. The summed E-state index contributed by atoms with van der Waals surface area (Å²) < 4.78 is 63.5. The summed E-state index contributed by atoms with van der Waals surface area (Å²) in [5, 5.41) is 3.80. The normalized spacial score (nSPS) is 13.9. The van der Waals surface area contributed by atoms with E-state index in [0.717, 1.165) is 29.9 Å². The molecule has 7 nitrogen and oxygen atoms in total. The van der Waals surface area contributed by atoms with E-state index in [-0.39, 0.29) is 23.8 Å². The van der Waals surface area contributed by atoms with Crippen molar-refractivity contribution in [3.05, 3.63) is 89.8 Å². The quantitative estimate of drug-likeness (QED) is 0.0718. The number of benzene rings is 3. The molecule has 0 spiro atoms. The van der Waals surface area contributed by atoms with Crippen LogP contribution in [0.1, 0.15) is 41.9 Å². The van der Waals surface area contributed by atoms with Crippen LogP contribution in [-0.2, 0) is 24.5 Å². The van der Waals surface area contributed by atoms with Gasteiger partial charge >= 0.3 is 25.1 Å². The van der Waals surface area contributed by atoms with Gasteiger partial charge in [0.25, 0.3) is 0 Å². The van der Waals surface area contributed by atoms with Crippen molar-refractivity contribution in [2.45, 2.75) is 38.4 Å². The minimum atomic E-state index is -5.21. The second-order valence-electron chi connectivity index (χ2n) is 9.28. The molecule has 41 heavy (non-hydrogen) atoms. The van der Waals surface area contributed by atoms with Crippen LogP contribution in [0, 0.1) is 0 Å². The number of nitrogens with one attached hydrogen (secondary N) is 1. The number of fused-ring (bicyclic) bond motifs is 2. The van der Waals surface area contributed by atoms with Crippen molar-refractivity contribution in [1.29, 1.82) is 0 Å². The molecule has 0 aliphatic heterocycles. The second kappa shape index (κ2) is 12.9. The van der Waals surface area contributed by atoms with Crippen LogP contribution in [0.2, 0.25) is 0 Å². The van der Waals surface area contributed by atoms with E-state index in [1.807, 2.05) is 6.92 Å². The molecular formula is C30H30F2NO6PS. The van der Waals surface area contributed by atoms with Crippen molar-refractivity contribution in [1.82, 2.24) is 5.09 Å². The van der Waals surface area contributed by atoms with Crippen LogP contribution in [-0.4, -0.2) is 31.2 Å². The van der Waals surface area contributed by atoms with Gasteiger partial charge in [0.2, 0.25) is 0 Å². The summed E-state index contributed by atoms with van der Waals surface area (Å²) in [7, 11) is -5.21. The first-order chi connectivity index (χ1) is 19.6. The molecule has 2 atom stereocenters. The van der Waals surface area contributed by atoms with Crippen LogP contribution < -0.4 is 9.61 Å². The van der Waals surface area contributed by atoms with Crippen LogP contribution in [0.4, 0.5) is 8.78 Å². The van der Waals surface area contributed by atoms with Crippen molar-refractivity contribution in [2.24, 2.45) is 0 Å². The van der Waals surface area contributed by atoms with Gasteiger partial charge in [0.05, 0.1) is 6.61 Å². The van der Waals surface area contributed by atoms with E-state index in [2.05, 4.69) is 11.7 Å². The Balaban J connectivity index is 1.73. The Bertz CT molecular complexity index is 1620.